The maximum atomic E-state index is 11.9. The zero-order chi connectivity index (χ0) is 14.4. The summed E-state index contributed by atoms with van der Waals surface area (Å²) >= 11 is 5.91. The molecule has 0 radical (unpaired) electrons. The van der Waals surface area contributed by atoms with Crippen LogP contribution in [0.25, 0.3) is 0 Å². The van der Waals surface area contributed by atoms with Crippen molar-refractivity contribution in [2.75, 3.05) is 25.6 Å². The Bertz CT molecular complexity index is 438. The molecule has 0 aliphatic carbocycles. The van der Waals surface area contributed by atoms with Crippen molar-refractivity contribution < 1.29 is 4.79 Å². The standard InChI is InChI=1S/C12H20ClN5O/c1-8(2)18(3)5-4-15-12(19)9-6-10(13)11(17-14)16-7-9/h6-8H,4-5,14H2,1-3H3,(H,15,19)(H,16,17). The number of hydrogen-bond acceptors (Lipinski definition) is 5. The van der Waals surface area contributed by atoms with Crippen molar-refractivity contribution in [2.45, 2.75) is 19.9 Å². The largest absolute Gasteiger partial charge is 0.351 e. The van der Waals surface area contributed by atoms with Gasteiger partial charge in [0.2, 0.25) is 0 Å². The maximum absolute atomic E-state index is 11.9. The number of pyridine rings is 1. The van der Waals surface area contributed by atoms with Crippen LogP contribution < -0.4 is 16.6 Å². The SMILES string of the molecule is CC(C)N(C)CCNC(=O)c1cnc(NN)c(Cl)c1. The van der Waals surface area contributed by atoms with Crippen LogP contribution in [0.1, 0.15) is 24.2 Å². The molecule has 0 atom stereocenters. The summed E-state index contributed by atoms with van der Waals surface area (Å²) in [6.07, 6.45) is 1.43. The van der Waals surface area contributed by atoms with E-state index >= 15 is 0 Å². The van der Waals surface area contributed by atoms with Gasteiger partial charge in [-0.25, -0.2) is 10.8 Å². The first kappa shape index (κ1) is 15.7. The Morgan fingerprint density at radius 1 is 1.58 bits per heavy atom. The number of nitrogens with one attached hydrogen (secondary N) is 2. The Balaban J connectivity index is 2.52. The summed E-state index contributed by atoms with van der Waals surface area (Å²) in [5, 5.41) is 3.13. The summed E-state index contributed by atoms with van der Waals surface area (Å²) in [5.41, 5.74) is 2.76. The lowest BCUT2D eigenvalue weighted by Crippen LogP contribution is -2.36. The number of halogens is 1. The molecule has 0 unspecified atom stereocenters. The quantitative estimate of drug-likeness (QED) is 0.538. The van der Waals surface area contributed by atoms with Gasteiger partial charge in [-0.15, -0.1) is 0 Å². The number of anilines is 1. The molecule has 19 heavy (non-hydrogen) atoms. The van der Waals surface area contributed by atoms with Crippen LogP contribution >= 0.6 is 11.6 Å². The first-order chi connectivity index (χ1) is 8.95. The summed E-state index contributed by atoms with van der Waals surface area (Å²) < 4.78 is 0. The van der Waals surface area contributed by atoms with Crippen LogP contribution in [0.5, 0.6) is 0 Å². The molecule has 4 N–H and O–H groups in total. The molecule has 0 aliphatic heterocycles. The molecule has 1 amide bonds. The predicted octanol–water partition coefficient (Wildman–Crippen LogP) is 1.09. The van der Waals surface area contributed by atoms with Crippen LogP contribution in [0.4, 0.5) is 5.82 Å². The highest BCUT2D eigenvalue weighted by Gasteiger charge is 2.10. The third kappa shape index (κ3) is 4.66. The third-order valence-corrected chi connectivity index (χ3v) is 3.16. The van der Waals surface area contributed by atoms with Gasteiger partial charge in [0, 0.05) is 25.3 Å². The van der Waals surface area contributed by atoms with Crippen molar-refractivity contribution in [1.82, 2.24) is 15.2 Å². The number of hydrogen-bond donors (Lipinski definition) is 3. The van der Waals surface area contributed by atoms with Crippen molar-refractivity contribution in [1.29, 1.82) is 0 Å². The van der Waals surface area contributed by atoms with Crippen LogP contribution in [-0.4, -0.2) is 42.0 Å². The van der Waals surface area contributed by atoms with E-state index in [-0.39, 0.29) is 5.91 Å². The van der Waals surface area contributed by atoms with E-state index in [2.05, 4.69) is 34.5 Å². The topological polar surface area (TPSA) is 83.3 Å². The number of amides is 1. The van der Waals surface area contributed by atoms with E-state index in [9.17, 15) is 4.79 Å². The van der Waals surface area contributed by atoms with Gasteiger partial charge in [0.15, 0.2) is 5.82 Å². The predicted molar refractivity (Wildman–Crippen MR) is 77.2 cm³/mol. The molecule has 1 aromatic rings. The van der Waals surface area contributed by atoms with E-state index in [4.69, 9.17) is 17.4 Å². The van der Waals surface area contributed by atoms with E-state index in [0.717, 1.165) is 6.54 Å². The average molecular weight is 286 g/mol. The van der Waals surface area contributed by atoms with Gasteiger partial charge < -0.3 is 15.6 Å². The van der Waals surface area contributed by atoms with Crippen LogP contribution in [-0.2, 0) is 0 Å². The number of nitrogen functional groups attached to an aromatic ring is 1. The minimum absolute atomic E-state index is 0.199. The fourth-order valence-electron chi connectivity index (χ4n) is 1.37. The molecule has 106 valence electrons. The second kappa shape index (κ2) is 7.28. The van der Waals surface area contributed by atoms with Gasteiger partial charge in [0.1, 0.15) is 0 Å². The normalized spacial score (nSPS) is 10.9. The smallest absolute Gasteiger partial charge is 0.252 e. The Hall–Kier alpha value is -1.37. The Labute approximate surface area is 118 Å². The zero-order valence-corrected chi connectivity index (χ0v) is 12.2. The van der Waals surface area contributed by atoms with E-state index in [0.29, 0.717) is 29.0 Å². The lowest BCUT2D eigenvalue weighted by molar-refractivity contribution is 0.0947. The van der Waals surface area contributed by atoms with Crippen molar-refractivity contribution in [2.24, 2.45) is 5.84 Å². The Kier molecular flexibility index (Phi) is 6.01. The first-order valence-electron chi connectivity index (χ1n) is 6.06. The number of nitrogens with zero attached hydrogens (tertiary/aromatic N) is 2. The van der Waals surface area contributed by atoms with Crippen molar-refractivity contribution in [3.05, 3.63) is 22.8 Å². The maximum Gasteiger partial charge on any atom is 0.252 e. The highest BCUT2D eigenvalue weighted by molar-refractivity contribution is 6.33. The summed E-state index contributed by atoms with van der Waals surface area (Å²) in [5.74, 6) is 5.36. The molecular weight excluding hydrogens is 266 g/mol. The molecule has 0 bridgehead atoms. The van der Waals surface area contributed by atoms with Crippen LogP contribution in [0.3, 0.4) is 0 Å². The average Bonchev–Trinajstić information content (AvgIpc) is 2.38. The van der Waals surface area contributed by atoms with E-state index in [1.54, 1.807) is 0 Å². The number of likely N-dealkylation sites (N-methyl/N-ethyl adjacent to an activating group) is 1. The fourth-order valence-corrected chi connectivity index (χ4v) is 1.60. The van der Waals surface area contributed by atoms with Gasteiger partial charge in [0.05, 0.1) is 10.6 Å². The number of nitrogens with two attached hydrogens (primary N) is 1. The third-order valence-electron chi connectivity index (χ3n) is 2.87. The number of aromatic nitrogens is 1. The van der Waals surface area contributed by atoms with Gasteiger partial charge in [-0.3, -0.25) is 4.79 Å². The summed E-state index contributed by atoms with van der Waals surface area (Å²) in [7, 11) is 2.01. The van der Waals surface area contributed by atoms with Gasteiger partial charge in [0.25, 0.3) is 5.91 Å². The Morgan fingerprint density at radius 2 is 2.26 bits per heavy atom. The van der Waals surface area contributed by atoms with Crippen molar-refractivity contribution >= 4 is 23.3 Å². The number of hydrazine groups is 1. The van der Waals surface area contributed by atoms with Crippen LogP contribution in [0.15, 0.2) is 12.3 Å². The second-order valence-corrected chi connectivity index (χ2v) is 4.94. The molecule has 0 saturated heterocycles. The monoisotopic (exact) mass is 285 g/mol. The summed E-state index contributed by atoms with van der Waals surface area (Å²) in [6, 6.07) is 1.98. The lowest BCUT2D eigenvalue weighted by Gasteiger charge is -2.20. The molecule has 1 aromatic heterocycles. The summed E-state index contributed by atoms with van der Waals surface area (Å²) in [6.45, 7) is 5.56. The molecule has 1 rings (SSSR count). The van der Waals surface area contributed by atoms with Crippen molar-refractivity contribution in [3.8, 4) is 0 Å². The molecule has 0 saturated carbocycles. The zero-order valence-electron chi connectivity index (χ0n) is 11.4. The number of rotatable bonds is 6. The van der Waals surface area contributed by atoms with Crippen LogP contribution in [0.2, 0.25) is 5.02 Å². The van der Waals surface area contributed by atoms with E-state index in [1.807, 2.05) is 7.05 Å². The molecule has 0 fully saturated rings. The molecule has 0 aromatic carbocycles. The molecule has 6 nitrogen and oxygen atoms in total. The van der Waals surface area contributed by atoms with Crippen LogP contribution in [0, 0.1) is 0 Å². The molecule has 0 aliphatic rings. The Morgan fingerprint density at radius 3 is 2.79 bits per heavy atom. The highest BCUT2D eigenvalue weighted by Crippen LogP contribution is 2.18. The molecule has 7 heteroatoms. The fraction of sp³-hybridized carbons (Fsp3) is 0.500. The lowest BCUT2D eigenvalue weighted by atomic mass is 10.2. The van der Waals surface area contributed by atoms with E-state index in [1.165, 1.54) is 12.3 Å². The van der Waals surface area contributed by atoms with Gasteiger partial charge in [-0.1, -0.05) is 11.6 Å². The van der Waals surface area contributed by atoms with Gasteiger partial charge >= 0.3 is 0 Å². The molecular formula is C12H20ClN5O. The number of carbonyl (C=O) groups is 1. The second-order valence-electron chi connectivity index (χ2n) is 4.53. The molecule has 1 heterocycles. The molecule has 0 spiro atoms. The van der Waals surface area contributed by atoms with Gasteiger partial charge in [-0.05, 0) is 27.0 Å². The van der Waals surface area contributed by atoms with E-state index < -0.39 is 0 Å². The number of carbonyl (C=O) groups excluding carboxylic acids is 1. The highest BCUT2D eigenvalue weighted by atomic mass is 35.5. The van der Waals surface area contributed by atoms with Gasteiger partial charge in [-0.2, -0.15) is 0 Å². The van der Waals surface area contributed by atoms with Crippen molar-refractivity contribution in [3.63, 3.8) is 0 Å². The minimum atomic E-state index is -0.199. The minimum Gasteiger partial charge on any atom is -0.351 e. The first-order valence-corrected chi connectivity index (χ1v) is 6.44. The summed E-state index contributed by atoms with van der Waals surface area (Å²) in [4.78, 5) is 18.0.